The molecule has 5 nitrogen and oxygen atoms in total. The van der Waals surface area contributed by atoms with E-state index in [0.717, 1.165) is 6.42 Å². The Balaban J connectivity index is 2.58. The maximum absolute atomic E-state index is 12.0. The van der Waals surface area contributed by atoms with Crippen LogP contribution >= 0.6 is 11.6 Å². The fourth-order valence-corrected chi connectivity index (χ4v) is 1.84. The minimum absolute atomic E-state index is 0.242. The van der Waals surface area contributed by atoms with Crippen molar-refractivity contribution in [3.05, 3.63) is 23.2 Å². The van der Waals surface area contributed by atoms with Crippen LogP contribution in [0, 0.1) is 0 Å². The molecule has 0 radical (unpaired) electrons. The number of carbonyl (C=O) groups excluding carboxylic acids is 1. The Kier molecular flexibility index (Phi) is 7.32. The van der Waals surface area contributed by atoms with Crippen LogP contribution in [-0.4, -0.2) is 42.3 Å². The molecule has 1 aromatic carbocycles. The molecule has 0 spiro atoms. The second-order valence-corrected chi connectivity index (χ2v) is 5.39. The van der Waals surface area contributed by atoms with Gasteiger partial charge in [0.05, 0.1) is 17.7 Å². The van der Waals surface area contributed by atoms with Gasteiger partial charge in [-0.2, -0.15) is 0 Å². The van der Waals surface area contributed by atoms with Gasteiger partial charge < -0.3 is 20.1 Å². The number of aliphatic hydroxyl groups is 1. The Morgan fingerprint density at radius 2 is 2.24 bits per heavy atom. The van der Waals surface area contributed by atoms with Gasteiger partial charge in [-0.1, -0.05) is 18.5 Å². The van der Waals surface area contributed by atoms with E-state index in [4.69, 9.17) is 16.3 Å². The quantitative estimate of drug-likeness (QED) is 0.811. The first-order chi connectivity index (χ1) is 9.93. The van der Waals surface area contributed by atoms with Crippen molar-refractivity contribution in [2.24, 2.45) is 0 Å². The van der Waals surface area contributed by atoms with E-state index in [1.807, 2.05) is 6.92 Å². The van der Waals surface area contributed by atoms with Crippen molar-refractivity contribution in [2.75, 3.05) is 25.5 Å². The molecule has 0 saturated carbocycles. The average Bonchev–Trinajstić information content (AvgIpc) is 2.43. The third-order valence-electron chi connectivity index (χ3n) is 2.87. The molecular weight excluding hydrogens is 292 g/mol. The van der Waals surface area contributed by atoms with Crippen LogP contribution in [0.15, 0.2) is 18.2 Å². The van der Waals surface area contributed by atoms with Crippen molar-refractivity contribution in [3.8, 4) is 5.75 Å². The van der Waals surface area contributed by atoms with Gasteiger partial charge in [-0.05, 0) is 38.0 Å². The predicted octanol–water partition coefficient (Wildman–Crippen LogP) is 3.36. The molecular formula is C15H23ClN2O3. The van der Waals surface area contributed by atoms with Crippen molar-refractivity contribution in [2.45, 2.75) is 32.8 Å². The molecule has 0 fully saturated rings. The summed E-state index contributed by atoms with van der Waals surface area (Å²) >= 11 is 6.11. The molecule has 0 saturated heterocycles. The van der Waals surface area contributed by atoms with Gasteiger partial charge in [0.25, 0.3) is 0 Å². The van der Waals surface area contributed by atoms with Crippen LogP contribution < -0.4 is 10.1 Å². The van der Waals surface area contributed by atoms with Gasteiger partial charge >= 0.3 is 6.03 Å². The zero-order chi connectivity index (χ0) is 15.8. The summed E-state index contributed by atoms with van der Waals surface area (Å²) in [5.41, 5.74) is 0.609. The van der Waals surface area contributed by atoms with Crippen molar-refractivity contribution in [1.29, 1.82) is 0 Å². The van der Waals surface area contributed by atoms with Crippen LogP contribution in [0.2, 0.25) is 5.02 Å². The first kappa shape index (κ1) is 17.6. The highest BCUT2D eigenvalue weighted by Gasteiger charge is 2.11. The molecule has 21 heavy (non-hydrogen) atoms. The molecule has 1 rings (SSSR count). The molecule has 118 valence electrons. The van der Waals surface area contributed by atoms with E-state index >= 15 is 0 Å². The highest BCUT2D eigenvalue weighted by Crippen LogP contribution is 2.27. The number of anilines is 1. The minimum atomic E-state index is -0.426. The second-order valence-electron chi connectivity index (χ2n) is 4.98. The zero-order valence-corrected chi connectivity index (χ0v) is 13.5. The Morgan fingerprint density at radius 1 is 1.52 bits per heavy atom. The molecule has 0 aliphatic heterocycles. The number of hydrogen-bond donors (Lipinski definition) is 2. The van der Waals surface area contributed by atoms with Crippen LogP contribution in [0.25, 0.3) is 0 Å². The number of amides is 2. The first-order valence-electron chi connectivity index (χ1n) is 7.06. The van der Waals surface area contributed by atoms with Gasteiger partial charge in [0.15, 0.2) is 0 Å². The van der Waals surface area contributed by atoms with Gasteiger partial charge in [-0.3, -0.25) is 0 Å². The lowest BCUT2D eigenvalue weighted by Gasteiger charge is -2.19. The van der Waals surface area contributed by atoms with Crippen LogP contribution in [0.4, 0.5) is 10.5 Å². The Bertz CT molecular complexity index is 466. The van der Waals surface area contributed by atoms with Crippen molar-refractivity contribution in [1.82, 2.24) is 4.90 Å². The zero-order valence-electron chi connectivity index (χ0n) is 12.7. The van der Waals surface area contributed by atoms with Crippen LogP contribution in [0.5, 0.6) is 5.75 Å². The third kappa shape index (κ3) is 6.23. The molecule has 6 heteroatoms. The molecule has 1 aromatic rings. The number of rotatable bonds is 7. The number of aliphatic hydroxyl groups excluding tert-OH is 1. The number of nitrogens with zero attached hydrogens (tertiary/aromatic N) is 1. The van der Waals surface area contributed by atoms with Crippen LogP contribution in [0.3, 0.4) is 0 Å². The maximum atomic E-state index is 12.0. The number of hydrogen-bond acceptors (Lipinski definition) is 3. The molecule has 0 bridgehead atoms. The molecule has 2 amide bonds. The van der Waals surface area contributed by atoms with E-state index in [0.29, 0.717) is 36.0 Å². The molecule has 1 unspecified atom stereocenters. The summed E-state index contributed by atoms with van der Waals surface area (Å²) in [6.07, 6.45) is 1.02. The highest BCUT2D eigenvalue weighted by atomic mass is 35.5. The highest BCUT2D eigenvalue weighted by molar-refractivity contribution is 6.32. The van der Waals surface area contributed by atoms with Crippen LogP contribution in [0.1, 0.15) is 26.7 Å². The van der Waals surface area contributed by atoms with Crippen molar-refractivity contribution >= 4 is 23.3 Å². The van der Waals surface area contributed by atoms with Gasteiger partial charge in [-0.25, -0.2) is 4.79 Å². The molecule has 0 heterocycles. The summed E-state index contributed by atoms with van der Waals surface area (Å²) < 4.78 is 5.48. The predicted molar refractivity (Wildman–Crippen MR) is 85.2 cm³/mol. The average molecular weight is 315 g/mol. The van der Waals surface area contributed by atoms with Gasteiger partial charge in [0.1, 0.15) is 5.75 Å². The largest absolute Gasteiger partial charge is 0.492 e. The standard InChI is InChI=1S/C15H23ClN2O3/c1-4-9-21-14-6-5-12(10-13(14)16)17-15(20)18(3)8-7-11(2)19/h5-6,10-11,19H,4,7-9H2,1-3H3,(H,17,20). The van der Waals surface area contributed by atoms with Crippen LogP contribution in [-0.2, 0) is 0 Å². The van der Waals surface area contributed by atoms with E-state index in [1.165, 1.54) is 4.90 Å². The SMILES string of the molecule is CCCOc1ccc(NC(=O)N(C)CCC(C)O)cc1Cl. The number of benzene rings is 1. The van der Waals surface area contributed by atoms with E-state index in [1.54, 1.807) is 32.2 Å². The maximum Gasteiger partial charge on any atom is 0.321 e. The monoisotopic (exact) mass is 314 g/mol. The summed E-state index contributed by atoms with van der Waals surface area (Å²) in [7, 11) is 1.68. The summed E-state index contributed by atoms with van der Waals surface area (Å²) in [5, 5.41) is 12.4. The van der Waals surface area contributed by atoms with E-state index in [9.17, 15) is 9.90 Å². The Hall–Kier alpha value is -1.46. The van der Waals surface area contributed by atoms with E-state index in [-0.39, 0.29) is 6.03 Å². The second kappa shape index (κ2) is 8.74. The molecule has 0 aromatic heterocycles. The minimum Gasteiger partial charge on any atom is -0.492 e. The molecule has 0 aliphatic rings. The summed E-state index contributed by atoms with van der Waals surface area (Å²) in [4.78, 5) is 13.5. The fourth-order valence-electron chi connectivity index (χ4n) is 1.61. The van der Waals surface area contributed by atoms with Gasteiger partial charge in [-0.15, -0.1) is 0 Å². The lowest BCUT2D eigenvalue weighted by Crippen LogP contribution is -2.33. The topological polar surface area (TPSA) is 61.8 Å². The smallest absolute Gasteiger partial charge is 0.321 e. The Labute approximate surface area is 130 Å². The lowest BCUT2D eigenvalue weighted by atomic mass is 10.3. The normalized spacial score (nSPS) is 11.9. The number of nitrogens with one attached hydrogen (secondary N) is 1. The number of carbonyl (C=O) groups is 1. The summed E-state index contributed by atoms with van der Waals surface area (Å²) in [6, 6.07) is 4.90. The van der Waals surface area contributed by atoms with Gasteiger partial charge in [0, 0.05) is 19.3 Å². The van der Waals surface area contributed by atoms with E-state index < -0.39 is 6.10 Å². The van der Waals surface area contributed by atoms with Crippen molar-refractivity contribution in [3.63, 3.8) is 0 Å². The fraction of sp³-hybridized carbons (Fsp3) is 0.533. The van der Waals surface area contributed by atoms with Gasteiger partial charge in [0.2, 0.25) is 0 Å². The molecule has 1 atom stereocenters. The number of halogens is 1. The Morgan fingerprint density at radius 3 is 2.81 bits per heavy atom. The third-order valence-corrected chi connectivity index (χ3v) is 3.17. The molecule has 0 aliphatic carbocycles. The van der Waals surface area contributed by atoms with E-state index in [2.05, 4.69) is 5.32 Å². The summed E-state index contributed by atoms with van der Waals surface area (Å²) in [5.74, 6) is 0.610. The first-order valence-corrected chi connectivity index (χ1v) is 7.44. The van der Waals surface area contributed by atoms with Crippen molar-refractivity contribution < 1.29 is 14.6 Å². The lowest BCUT2D eigenvalue weighted by molar-refractivity contribution is 0.167. The molecule has 2 N–H and O–H groups in total. The number of urea groups is 1. The summed E-state index contributed by atoms with van der Waals surface area (Å²) in [6.45, 7) is 4.80. The number of ether oxygens (including phenoxy) is 1.